The van der Waals surface area contributed by atoms with Crippen molar-refractivity contribution < 1.29 is 28.5 Å². The molecule has 0 aliphatic carbocycles. The molecule has 10 heteroatoms. The zero-order chi connectivity index (χ0) is 28.0. The van der Waals surface area contributed by atoms with Crippen LogP contribution in [0.1, 0.15) is 82.4 Å². The van der Waals surface area contributed by atoms with Crippen molar-refractivity contribution in [1.29, 1.82) is 0 Å². The lowest BCUT2D eigenvalue weighted by molar-refractivity contribution is 0.0685. The highest BCUT2D eigenvalue weighted by atomic mass is 32.2. The molecule has 0 radical (unpaired) electrons. The summed E-state index contributed by atoms with van der Waals surface area (Å²) in [6, 6.07) is 6.68. The first kappa shape index (κ1) is 29.5. The van der Waals surface area contributed by atoms with Crippen LogP contribution in [0.3, 0.4) is 0 Å². The fraction of sp³-hybridized carbons (Fsp3) is 0.593. The molecule has 0 saturated carbocycles. The zero-order valence-corrected chi connectivity index (χ0v) is 24.5. The minimum absolute atomic E-state index is 0.0180. The fourth-order valence-corrected chi connectivity index (χ4v) is 7.95. The third kappa shape index (κ3) is 6.02. The quantitative estimate of drug-likeness (QED) is 0.455. The highest BCUT2D eigenvalue weighted by Gasteiger charge is 2.40. The van der Waals surface area contributed by atoms with Gasteiger partial charge in [-0.1, -0.05) is 41.5 Å². The summed E-state index contributed by atoms with van der Waals surface area (Å²) in [6.45, 7) is 12.9. The lowest BCUT2D eigenvalue weighted by atomic mass is 9.79. The van der Waals surface area contributed by atoms with Crippen molar-refractivity contribution in [2.45, 2.75) is 86.3 Å². The number of aromatic hydroxyl groups is 1. The molecule has 0 unspecified atom stereocenters. The maximum Gasteiger partial charge on any atom is 0.352 e. The maximum absolute atomic E-state index is 13.3. The van der Waals surface area contributed by atoms with E-state index < -0.39 is 16.0 Å². The van der Waals surface area contributed by atoms with Crippen LogP contribution in [0.2, 0.25) is 0 Å². The minimum atomic E-state index is -3.87. The Labute approximate surface area is 224 Å². The van der Waals surface area contributed by atoms with Crippen molar-refractivity contribution in [2.75, 3.05) is 19.7 Å². The third-order valence-electron chi connectivity index (χ3n) is 7.13. The van der Waals surface area contributed by atoms with Gasteiger partial charge in [0.05, 0.1) is 0 Å². The van der Waals surface area contributed by atoms with Gasteiger partial charge in [0.1, 0.15) is 11.4 Å². The molecule has 1 aliphatic rings. The van der Waals surface area contributed by atoms with Gasteiger partial charge in [-0.2, -0.15) is 4.31 Å². The number of aliphatic hydroxyl groups excluding tert-OH is 1. The Morgan fingerprint density at radius 3 is 1.95 bits per heavy atom. The number of nitrogens with zero attached hydrogens (tertiary/aromatic N) is 2. The maximum atomic E-state index is 13.3. The number of benzene rings is 1. The Hall–Kier alpha value is -2.01. The van der Waals surface area contributed by atoms with E-state index in [9.17, 15) is 28.5 Å². The van der Waals surface area contributed by atoms with E-state index in [1.807, 2.05) is 12.1 Å². The lowest BCUT2D eigenvalue weighted by Gasteiger charge is -2.41. The molecule has 3 rings (SSSR count). The predicted molar refractivity (Wildman–Crippen MR) is 146 cm³/mol. The van der Waals surface area contributed by atoms with Crippen LogP contribution in [-0.4, -0.2) is 63.0 Å². The number of phenols is 1. The summed E-state index contributed by atoms with van der Waals surface area (Å²) in [5.74, 6) is -0.871. The van der Waals surface area contributed by atoms with Gasteiger partial charge in [0.25, 0.3) is 10.0 Å². The smallest absolute Gasteiger partial charge is 0.352 e. The Morgan fingerprint density at radius 1 is 1.03 bits per heavy atom. The molecule has 8 nitrogen and oxygen atoms in total. The summed E-state index contributed by atoms with van der Waals surface area (Å²) in [4.78, 5) is 12.4. The van der Waals surface area contributed by atoms with E-state index in [0.717, 1.165) is 16.0 Å². The van der Waals surface area contributed by atoms with Crippen molar-refractivity contribution in [3.05, 3.63) is 41.1 Å². The van der Waals surface area contributed by atoms with Gasteiger partial charge < -0.3 is 19.9 Å². The average molecular weight is 553 g/mol. The number of aliphatic hydroxyl groups is 1. The van der Waals surface area contributed by atoms with Crippen molar-refractivity contribution >= 4 is 27.8 Å². The number of aromatic carboxylic acids is 1. The van der Waals surface area contributed by atoms with Gasteiger partial charge in [0.15, 0.2) is 5.03 Å². The largest absolute Gasteiger partial charge is 0.507 e. The third-order valence-corrected chi connectivity index (χ3v) is 10.6. The van der Waals surface area contributed by atoms with E-state index in [-0.39, 0.29) is 46.0 Å². The van der Waals surface area contributed by atoms with Gasteiger partial charge >= 0.3 is 5.97 Å². The average Bonchev–Trinajstić information content (AvgIpc) is 3.16. The number of hydrogen-bond donors (Lipinski definition) is 3. The van der Waals surface area contributed by atoms with Crippen LogP contribution in [0.15, 0.2) is 34.2 Å². The molecule has 2 heterocycles. The molecule has 0 atom stereocenters. The van der Waals surface area contributed by atoms with Crippen molar-refractivity contribution in [1.82, 2.24) is 8.87 Å². The van der Waals surface area contributed by atoms with Gasteiger partial charge in [-0.05, 0) is 54.4 Å². The number of aromatic nitrogens is 1. The summed E-state index contributed by atoms with van der Waals surface area (Å²) in [6.07, 6.45) is 1.57. The number of carbonyl (C=O) groups is 1. The molecule has 37 heavy (non-hydrogen) atoms. The van der Waals surface area contributed by atoms with Crippen LogP contribution in [-0.2, 0) is 27.9 Å². The van der Waals surface area contributed by atoms with Crippen LogP contribution in [0.5, 0.6) is 5.75 Å². The Bertz CT molecular complexity index is 1230. The number of hydrogen-bond acceptors (Lipinski definition) is 6. The molecule has 3 N–H and O–H groups in total. The van der Waals surface area contributed by atoms with Gasteiger partial charge in [-0.3, -0.25) is 0 Å². The van der Waals surface area contributed by atoms with E-state index in [1.165, 1.54) is 28.1 Å². The molecule has 0 bridgehead atoms. The molecule has 1 aromatic carbocycles. The lowest BCUT2D eigenvalue weighted by Crippen LogP contribution is -2.45. The molecule has 1 saturated heterocycles. The fourth-order valence-electron chi connectivity index (χ4n) is 4.90. The van der Waals surface area contributed by atoms with E-state index in [4.69, 9.17) is 0 Å². The predicted octanol–water partition coefficient (Wildman–Crippen LogP) is 4.72. The van der Waals surface area contributed by atoms with E-state index in [2.05, 4.69) is 41.5 Å². The van der Waals surface area contributed by atoms with Crippen LogP contribution in [0.25, 0.3) is 0 Å². The Balaban J connectivity index is 1.92. The Morgan fingerprint density at radius 2 is 1.54 bits per heavy atom. The first-order valence-corrected chi connectivity index (χ1v) is 14.8. The summed E-state index contributed by atoms with van der Waals surface area (Å²) < 4.78 is 28.9. The second-order valence-electron chi connectivity index (χ2n) is 12.0. The molecule has 0 amide bonds. The zero-order valence-electron chi connectivity index (χ0n) is 22.8. The minimum Gasteiger partial charge on any atom is -0.507 e. The summed E-state index contributed by atoms with van der Waals surface area (Å²) >= 11 is 1.65. The van der Waals surface area contributed by atoms with E-state index >= 15 is 0 Å². The highest BCUT2D eigenvalue weighted by molar-refractivity contribution is 8.00. The van der Waals surface area contributed by atoms with Crippen LogP contribution >= 0.6 is 11.8 Å². The second kappa shape index (κ2) is 10.3. The number of piperidine rings is 1. The van der Waals surface area contributed by atoms with Crippen LogP contribution in [0, 0.1) is 0 Å². The molecule has 206 valence electrons. The first-order valence-electron chi connectivity index (χ1n) is 12.5. The molecule has 0 spiro atoms. The van der Waals surface area contributed by atoms with E-state index in [1.54, 1.807) is 11.8 Å². The van der Waals surface area contributed by atoms with Crippen molar-refractivity contribution in [3.63, 3.8) is 0 Å². The Kier molecular flexibility index (Phi) is 8.21. The highest BCUT2D eigenvalue weighted by Crippen LogP contribution is 2.48. The van der Waals surface area contributed by atoms with Crippen molar-refractivity contribution in [3.8, 4) is 5.75 Å². The number of carboxylic acid groups (broad SMARTS) is 1. The van der Waals surface area contributed by atoms with Crippen LogP contribution in [0.4, 0.5) is 0 Å². The normalized spacial score (nSPS) is 17.2. The molecule has 1 aromatic heterocycles. The standard InChI is InChI=1S/C27H40N2O6S2/c1-25(2,3)19-16-18(17-20(23(19)31)26(4,5)6)36-27(12-15-30)10-13-29(14-11-27)37(34,35)22-9-8-21(24(32)33)28(22)7/h8-9,16-17,30-31H,10-15H2,1-7H3,(H,32,33). The number of thioether (sulfide) groups is 1. The molecule has 1 fully saturated rings. The molecular weight excluding hydrogens is 512 g/mol. The summed E-state index contributed by atoms with van der Waals surface area (Å²) in [5, 5.41) is 30.3. The van der Waals surface area contributed by atoms with Gasteiger partial charge in [-0.25, -0.2) is 13.2 Å². The summed E-state index contributed by atoms with van der Waals surface area (Å²) in [7, 11) is -2.43. The molecule has 1 aliphatic heterocycles. The topological polar surface area (TPSA) is 120 Å². The molecule has 2 aromatic rings. The second-order valence-corrected chi connectivity index (χ2v) is 15.4. The van der Waals surface area contributed by atoms with Gasteiger partial charge in [0, 0.05) is 47.5 Å². The number of phenolic OH excluding ortho intramolecular Hbond substituents is 1. The van der Waals surface area contributed by atoms with Gasteiger partial charge in [-0.15, -0.1) is 11.8 Å². The number of sulfonamides is 1. The SMILES string of the molecule is Cn1c(C(=O)O)ccc1S(=O)(=O)N1CCC(CCO)(Sc2cc(C(C)(C)C)c(O)c(C(C)(C)C)c2)CC1. The monoisotopic (exact) mass is 552 g/mol. The van der Waals surface area contributed by atoms with E-state index in [0.29, 0.717) is 25.0 Å². The summed E-state index contributed by atoms with van der Waals surface area (Å²) in [5.41, 5.74) is 1.09. The number of rotatable bonds is 7. The molecular formula is C27H40N2O6S2. The van der Waals surface area contributed by atoms with Crippen molar-refractivity contribution in [2.24, 2.45) is 7.05 Å². The number of carboxylic acids is 1. The van der Waals surface area contributed by atoms with Gasteiger partial charge in [0.2, 0.25) is 0 Å². The van der Waals surface area contributed by atoms with Crippen LogP contribution < -0.4 is 0 Å². The first-order chi connectivity index (χ1) is 16.9.